The quantitative estimate of drug-likeness (QED) is 0.523. The van der Waals surface area contributed by atoms with Crippen LogP contribution in [0.25, 0.3) is 6.08 Å². The van der Waals surface area contributed by atoms with Crippen molar-refractivity contribution in [1.82, 2.24) is 4.90 Å². The highest BCUT2D eigenvalue weighted by molar-refractivity contribution is 8.26. The number of thiocarbonyl (C=S) groups is 1. The number of halogens is 1. The van der Waals surface area contributed by atoms with Gasteiger partial charge in [-0.05, 0) is 36.8 Å². The maximum absolute atomic E-state index is 12.2. The molecule has 2 aromatic carbocycles. The fourth-order valence-corrected chi connectivity index (χ4v) is 3.94. The van der Waals surface area contributed by atoms with E-state index in [-0.39, 0.29) is 5.91 Å². The van der Waals surface area contributed by atoms with Gasteiger partial charge in [0.1, 0.15) is 16.7 Å². The van der Waals surface area contributed by atoms with Gasteiger partial charge < -0.3 is 4.74 Å². The van der Waals surface area contributed by atoms with Crippen LogP contribution in [-0.4, -0.2) is 21.7 Å². The molecular weight excluding hydrogens is 374 g/mol. The first-order chi connectivity index (χ1) is 12.1. The highest BCUT2D eigenvalue weighted by atomic mass is 35.5. The van der Waals surface area contributed by atoms with Crippen LogP contribution in [0.3, 0.4) is 0 Å². The molecule has 1 heterocycles. The topological polar surface area (TPSA) is 29.5 Å². The number of benzene rings is 2. The number of carbonyl (C=O) groups is 1. The number of thioether (sulfide) groups is 1. The van der Waals surface area contributed by atoms with Crippen molar-refractivity contribution in [2.24, 2.45) is 0 Å². The highest BCUT2D eigenvalue weighted by Gasteiger charge is 2.30. The smallest absolute Gasteiger partial charge is 0.266 e. The number of amides is 1. The highest BCUT2D eigenvalue weighted by Crippen LogP contribution is 2.32. The summed E-state index contributed by atoms with van der Waals surface area (Å²) in [5, 5.41) is 0.692. The van der Waals surface area contributed by atoms with Crippen LogP contribution in [0.1, 0.15) is 18.1 Å². The molecule has 0 unspecified atom stereocenters. The second-order valence-electron chi connectivity index (χ2n) is 5.38. The summed E-state index contributed by atoms with van der Waals surface area (Å²) in [7, 11) is 0. The zero-order valence-corrected chi connectivity index (χ0v) is 16.0. The molecule has 2 aromatic rings. The van der Waals surface area contributed by atoms with Crippen molar-refractivity contribution in [3.8, 4) is 5.75 Å². The molecule has 0 N–H and O–H groups in total. The number of hydrogen-bond donors (Lipinski definition) is 0. The van der Waals surface area contributed by atoms with Gasteiger partial charge in [0.15, 0.2) is 0 Å². The largest absolute Gasteiger partial charge is 0.489 e. The first-order valence-electron chi connectivity index (χ1n) is 7.80. The number of rotatable bonds is 5. The molecule has 1 aliphatic rings. The van der Waals surface area contributed by atoms with E-state index < -0.39 is 0 Å². The Morgan fingerprint density at radius 1 is 1.20 bits per heavy atom. The van der Waals surface area contributed by atoms with Gasteiger partial charge in [-0.15, -0.1) is 0 Å². The van der Waals surface area contributed by atoms with Gasteiger partial charge in [-0.25, -0.2) is 0 Å². The van der Waals surface area contributed by atoms with Crippen LogP contribution in [0.15, 0.2) is 53.4 Å². The average molecular weight is 390 g/mol. The summed E-state index contributed by atoms with van der Waals surface area (Å²) in [6, 6.07) is 15.2. The number of likely N-dealkylation sites (N-methyl/N-ethyl adjacent to an activating group) is 1. The Morgan fingerprint density at radius 2 is 1.92 bits per heavy atom. The van der Waals surface area contributed by atoms with Crippen LogP contribution >= 0.6 is 35.6 Å². The lowest BCUT2D eigenvalue weighted by atomic mass is 10.2. The molecule has 1 saturated heterocycles. The fraction of sp³-hybridized carbons (Fsp3) is 0.158. The van der Waals surface area contributed by atoms with E-state index in [9.17, 15) is 4.79 Å². The Bertz CT molecular complexity index is 834. The standard InChI is InChI=1S/C19H16ClNO2S2/c1-2-21-18(22)17(25-19(21)24)11-13-7-9-15(10-8-13)23-12-14-5-3-4-6-16(14)20/h3-11H,2,12H2,1H3/b17-11+. The average Bonchev–Trinajstić information content (AvgIpc) is 2.88. The van der Waals surface area contributed by atoms with E-state index in [1.165, 1.54) is 11.8 Å². The lowest BCUT2D eigenvalue weighted by molar-refractivity contribution is -0.121. The van der Waals surface area contributed by atoms with Crippen molar-refractivity contribution in [2.45, 2.75) is 13.5 Å². The molecule has 0 bridgehead atoms. The molecule has 0 radical (unpaired) electrons. The molecule has 0 aromatic heterocycles. The van der Waals surface area contributed by atoms with Crippen molar-refractivity contribution in [3.63, 3.8) is 0 Å². The maximum Gasteiger partial charge on any atom is 0.266 e. The summed E-state index contributed by atoms with van der Waals surface area (Å²) in [6.45, 7) is 2.92. The molecule has 1 aliphatic heterocycles. The van der Waals surface area contributed by atoms with E-state index in [2.05, 4.69) is 0 Å². The molecule has 25 heavy (non-hydrogen) atoms. The van der Waals surface area contributed by atoms with Crippen molar-refractivity contribution in [3.05, 3.63) is 69.6 Å². The van der Waals surface area contributed by atoms with Crippen molar-refractivity contribution in [1.29, 1.82) is 0 Å². The van der Waals surface area contributed by atoms with Gasteiger partial charge >= 0.3 is 0 Å². The van der Waals surface area contributed by atoms with Crippen molar-refractivity contribution < 1.29 is 9.53 Å². The minimum atomic E-state index is -0.0310. The molecular formula is C19H16ClNO2S2. The zero-order chi connectivity index (χ0) is 17.8. The maximum atomic E-state index is 12.2. The van der Waals surface area contributed by atoms with Crippen molar-refractivity contribution in [2.75, 3.05) is 6.54 Å². The molecule has 0 spiro atoms. The Labute approximate surface area is 161 Å². The molecule has 0 aliphatic carbocycles. The van der Waals surface area contributed by atoms with E-state index >= 15 is 0 Å². The summed E-state index contributed by atoms with van der Waals surface area (Å²) >= 11 is 12.7. The van der Waals surface area contributed by atoms with Crippen LogP contribution < -0.4 is 4.74 Å². The van der Waals surface area contributed by atoms with Gasteiger partial charge in [-0.3, -0.25) is 9.69 Å². The number of nitrogens with zero attached hydrogens (tertiary/aromatic N) is 1. The predicted octanol–water partition coefficient (Wildman–Crippen LogP) is 5.14. The van der Waals surface area contributed by atoms with E-state index in [1.807, 2.05) is 61.5 Å². The van der Waals surface area contributed by atoms with Gasteiger partial charge in [-0.1, -0.05) is 65.9 Å². The van der Waals surface area contributed by atoms with Crippen LogP contribution in [0, 0.1) is 0 Å². The number of ether oxygens (including phenoxy) is 1. The van der Waals surface area contributed by atoms with Crippen LogP contribution in [0.4, 0.5) is 0 Å². The second-order valence-corrected chi connectivity index (χ2v) is 7.46. The normalized spacial score (nSPS) is 15.9. The lowest BCUT2D eigenvalue weighted by Gasteiger charge is -2.09. The van der Waals surface area contributed by atoms with Crippen LogP contribution in [0.2, 0.25) is 5.02 Å². The van der Waals surface area contributed by atoms with E-state index in [1.54, 1.807) is 4.90 Å². The molecule has 3 rings (SSSR count). The lowest BCUT2D eigenvalue weighted by Crippen LogP contribution is -2.27. The summed E-state index contributed by atoms with van der Waals surface area (Å²) < 4.78 is 6.37. The van der Waals surface area contributed by atoms with Gasteiger partial charge in [0, 0.05) is 17.1 Å². The van der Waals surface area contributed by atoms with E-state index in [4.69, 9.17) is 28.6 Å². The summed E-state index contributed by atoms with van der Waals surface area (Å²) in [4.78, 5) is 14.5. The third-order valence-corrected chi connectivity index (χ3v) is 5.47. The molecule has 1 amide bonds. The third kappa shape index (κ3) is 4.24. The zero-order valence-electron chi connectivity index (χ0n) is 13.6. The third-order valence-electron chi connectivity index (χ3n) is 3.72. The van der Waals surface area contributed by atoms with E-state index in [0.717, 1.165) is 16.9 Å². The molecule has 0 saturated carbocycles. The first-order valence-corrected chi connectivity index (χ1v) is 9.40. The predicted molar refractivity (Wildman–Crippen MR) is 108 cm³/mol. The van der Waals surface area contributed by atoms with Gasteiger partial charge in [0.05, 0.1) is 4.91 Å². The first kappa shape index (κ1) is 18.0. The summed E-state index contributed by atoms with van der Waals surface area (Å²) in [5.41, 5.74) is 1.87. The second kappa shape index (κ2) is 8.04. The van der Waals surface area contributed by atoms with Crippen LogP contribution in [-0.2, 0) is 11.4 Å². The Kier molecular flexibility index (Phi) is 5.78. The Balaban J connectivity index is 1.67. The molecule has 128 valence electrons. The number of hydrogen-bond acceptors (Lipinski definition) is 4. The monoisotopic (exact) mass is 389 g/mol. The van der Waals surface area contributed by atoms with Crippen LogP contribution in [0.5, 0.6) is 5.75 Å². The van der Waals surface area contributed by atoms with E-state index in [0.29, 0.717) is 27.4 Å². The van der Waals surface area contributed by atoms with Crippen molar-refractivity contribution >= 4 is 51.9 Å². The van der Waals surface area contributed by atoms with Gasteiger partial charge in [0.25, 0.3) is 5.91 Å². The number of carbonyl (C=O) groups excluding carboxylic acids is 1. The summed E-state index contributed by atoms with van der Waals surface area (Å²) in [6.07, 6.45) is 1.85. The minimum absolute atomic E-state index is 0.0310. The molecule has 6 heteroatoms. The fourth-order valence-electron chi connectivity index (χ4n) is 2.36. The summed E-state index contributed by atoms with van der Waals surface area (Å²) in [5.74, 6) is 0.717. The Morgan fingerprint density at radius 3 is 2.56 bits per heavy atom. The minimum Gasteiger partial charge on any atom is -0.489 e. The molecule has 0 atom stereocenters. The SMILES string of the molecule is CCN1C(=O)/C(=C\c2ccc(OCc3ccccc3Cl)cc2)SC1=S. The molecule has 3 nitrogen and oxygen atoms in total. The van der Waals surface area contributed by atoms with Gasteiger partial charge in [-0.2, -0.15) is 0 Å². The Hall–Kier alpha value is -1.82. The molecule has 1 fully saturated rings. The van der Waals surface area contributed by atoms with Gasteiger partial charge in [0.2, 0.25) is 0 Å².